The van der Waals surface area contributed by atoms with Crippen LogP contribution in [0.5, 0.6) is 0 Å². The Balaban J connectivity index is 2.94. The van der Waals surface area contributed by atoms with Gasteiger partial charge in [-0.2, -0.15) is 10.4 Å². The third-order valence-electron chi connectivity index (χ3n) is 1.50. The van der Waals surface area contributed by atoms with Crippen LogP contribution in [0.3, 0.4) is 0 Å². The Hall–Kier alpha value is -1.60. The van der Waals surface area contributed by atoms with Gasteiger partial charge in [-0.3, -0.25) is 0 Å². The van der Waals surface area contributed by atoms with E-state index in [1.165, 1.54) is 10.7 Å². The molecule has 2 rings (SSSR count). The molecule has 4 nitrogen and oxygen atoms in total. The van der Waals surface area contributed by atoms with Gasteiger partial charge in [0.05, 0.1) is 12.4 Å². The van der Waals surface area contributed by atoms with Crippen LogP contribution in [0.4, 0.5) is 0 Å². The van der Waals surface area contributed by atoms with Gasteiger partial charge in [0.2, 0.25) is 0 Å². The number of halogens is 1. The van der Waals surface area contributed by atoms with Gasteiger partial charge in [0.1, 0.15) is 11.6 Å². The molecule has 58 valence electrons. The van der Waals surface area contributed by atoms with E-state index >= 15 is 0 Å². The fraction of sp³-hybridized carbons (Fsp3) is 0. The second-order valence-corrected chi connectivity index (χ2v) is 2.53. The molecule has 2 heterocycles. The summed E-state index contributed by atoms with van der Waals surface area (Å²) in [5, 5.41) is 12.9. The summed E-state index contributed by atoms with van der Waals surface area (Å²) < 4.78 is 1.45. The van der Waals surface area contributed by atoms with Crippen LogP contribution in [0.15, 0.2) is 18.5 Å². The van der Waals surface area contributed by atoms with Gasteiger partial charge in [-0.1, -0.05) is 11.6 Å². The van der Waals surface area contributed by atoms with E-state index in [-0.39, 0.29) is 0 Å². The minimum Gasteiger partial charge on any atom is -0.239 e. The molecule has 0 aliphatic carbocycles. The zero-order valence-corrected chi connectivity index (χ0v) is 6.65. The van der Waals surface area contributed by atoms with Crippen molar-refractivity contribution in [3.8, 4) is 6.07 Å². The molecular weight excluding hydrogens is 176 g/mol. The molecule has 0 aliphatic heterocycles. The number of hydrogen-bond donors (Lipinski definition) is 0. The van der Waals surface area contributed by atoms with E-state index in [9.17, 15) is 0 Å². The van der Waals surface area contributed by atoms with E-state index in [1.54, 1.807) is 12.3 Å². The first-order chi connectivity index (χ1) is 5.83. The third kappa shape index (κ3) is 0.840. The van der Waals surface area contributed by atoms with E-state index in [4.69, 9.17) is 16.9 Å². The molecule has 0 amide bonds. The maximum absolute atomic E-state index is 8.65. The van der Waals surface area contributed by atoms with Crippen molar-refractivity contribution >= 4 is 17.1 Å². The van der Waals surface area contributed by atoms with E-state index in [0.717, 1.165) is 0 Å². The van der Waals surface area contributed by atoms with Gasteiger partial charge in [0.25, 0.3) is 0 Å². The monoisotopic (exact) mass is 178 g/mol. The lowest BCUT2D eigenvalue weighted by Crippen LogP contribution is -1.95. The molecule has 0 saturated heterocycles. The lowest BCUT2D eigenvalue weighted by Gasteiger charge is -1.95. The SMILES string of the molecule is N#Cc1cnc(Cl)c2ccnn12. The quantitative estimate of drug-likeness (QED) is 0.610. The van der Waals surface area contributed by atoms with Crippen molar-refractivity contribution in [2.24, 2.45) is 0 Å². The van der Waals surface area contributed by atoms with Crippen LogP contribution in [-0.2, 0) is 0 Å². The van der Waals surface area contributed by atoms with Crippen molar-refractivity contribution in [3.63, 3.8) is 0 Å². The molecule has 0 N–H and O–H groups in total. The summed E-state index contributed by atoms with van der Waals surface area (Å²) in [6.07, 6.45) is 2.96. The van der Waals surface area contributed by atoms with E-state index in [0.29, 0.717) is 16.4 Å². The number of aromatic nitrogens is 3. The summed E-state index contributed by atoms with van der Waals surface area (Å²) in [5.41, 5.74) is 1.02. The molecule has 0 radical (unpaired) electrons. The topological polar surface area (TPSA) is 54.0 Å². The molecule has 0 aliphatic rings. The predicted octanol–water partition coefficient (Wildman–Crippen LogP) is 1.25. The average Bonchev–Trinajstić information content (AvgIpc) is 2.54. The van der Waals surface area contributed by atoms with E-state index < -0.39 is 0 Å². The zero-order valence-electron chi connectivity index (χ0n) is 5.90. The molecule has 0 bridgehead atoms. The molecule has 12 heavy (non-hydrogen) atoms. The summed E-state index contributed by atoms with van der Waals surface area (Å²) in [6, 6.07) is 3.67. The Bertz CT molecular complexity index is 468. The maximum atomic E-state index is 8.65. The average molecular weight is 179 g/mol. The molecule has 0 fully saturated rings. The van der Waals surface area contributed by atoms with Gasteiger partial charge in [-0.15, -0.1) is 0 Å². The van der Waals surface area contributed by atoms with Crippen LogP contribution < -0.4 is 0 Å². The maximum Gasteiger partial charge on any atom is 0.161 e. The number of hydrogen-bond acceptors (Lipinski definition) is 3. The summed E-state index contributed by atoms with van der Waals surface area (Å²) >= 11 is 5.75. The first kappa shape index (κ1) is 7.07. The molecule has 5 heteroatoms. The number of nitrogens with zero attached hydrogens (tertiary/aromatic N) is 4. The van der Waals surface area contributed by atoms with E-state index in [2.05, 4.69) is 10.1 Å². The summed E-state index contributed by atoms with van der Waals surface area (Å²) in [4.78, 5) is 3.83. The fourth-order valence-electron chi connectivity index (χ4n) is 0.966. The Morgan fingerprint density at radius 2 is 2.42 bits per heavy atom. The minimum absolute atomic E-state index is 0.353. The Morgan fingerprint density at radius 3 is 3.17 bits per heavy atom. The second-order valence-electron chi connectivity index (χ2n) is 2.17. The van der Waals surface area contributed by atoms with Crippen LogP contribution in [0.1, 0.15) is 5.69 Å². The largest absolute Gasteiger partial charge is 0.239 e. The highest BCUT2D eigenvalue weighted by atomic mass is 35.5. The highest BCUT2D eigenvalue weighted by Gasteiger charge is 2.04. The van der Waals surface area contributed by atoms with Gasteiger partial charge < -0.3 is 0 Å². The van der Waals surface area contributed by atoms with Crippen molar-refractivity contribution in [1.82, 2.24) is 14.6 Å². The van der Waals surface area contributed by atoms with Crippen LogP contribution >= 0.6 is 11.6 Å². The van der Waals surface area contributed by atoms with Gasteiger partial charge >= 0.3 is 0 Å². The highest BCUT2D eigenvalue weighted by molar-refractivity contribution is 6.32. The molecule has 0 unspecified atom stereocenters. The standard InChI is InChI=1S/C7H3ClN4/c8-7-6-1-2-11-12(6)5(3-9)4-10-7/h1-2,4H. The van der Waals surface area contributed by atoms with Crippen molar-refractivity contribution < 1.29 is 0 Å². The molecular formula is C7H3ClN4. The van der Waals surface area contributed by atoms with E-state index in [1.807, 2.05) is 6.07 Å². The van der Waals surface area contributed by atoms with Crippen LogP contribution in [0.25, 0.3) is 5.52 Å². The summed E-state index contributed by atoms with van der Waals surface area (Å²) in [5.74, 6) is 0. The van der Waals surface area contributed by atoms with Crippen molar-refractivity contribution in [3.05, 3.63) is 29.3 Å². The predicted molar refractivity (Wildman–Crippen MR) is 42.7 cm³/mol. The minimum atomic E-state index is 0.353. The molecule has 0 saturated carbocycles. The van der Waals surface area contributed by atoms with Crippen LogP contribution in [0.2, 0.25) is 5.15 Å². The molecule has 2 aromatic rings. The molecule has 0 atom stereocenters. The zero-order chi connectivity index (χ0) is 8.55. The fourth-order valence-corrected chi connectivity index (χ4v) is 1.16. The Kier molecular flexibility index (Phi) is 1.45. The first-order valence-corrected chi connectivity index (χ1v) is 3.59. The highest BCUT2D eigenvalue weighted by Crippen LogP contribution is 2.14. The Morgan fingerprint density at radius 1 is 1.58 bits per heavy atom. The summed E-state index contributed by atoms with van der Waals surface area (Å²) in [7, 11) is 0. The van der Waals surface area contributed by atoms with Gasteiger partial charge in [0, 0.05) is 0 Å². The smallest absolute Gasteiger partial charge is 0.161 e. The third-order valence-corrected chi connectivity index (χ3v) is 1.79. The number of rotatable bonds is 0. The molecule has 0 spiro atoms. The summed E-state index contributed by atoms with van der Waals surface area (Å²) in [6.45, 7) is 0. The second kappa shape index (κ2) is 2.47. The molecule has 2 aromatic heterocycles. The first-order valence-electron chi connectivity index (χ1n) is 3.21. The normalized spacial score (nSPS) is 10.0. The van der Waals surface area contributed by atoms with Gasteiger partial charge in [0.15, 0.2) is 10.8 Å². The lowest BCUT2D eigenvalue weighted by atomic mass is 10.4. The molecule has 0 aromatic carbocycles. The van der Waals surface area contributed by atoms with Crippen LogP contribution in [0, 0.1) is 11.3 Å². The Labute approximate surface area is 73.0 Å². The van der Waals surface area contributed by atoms with Crippen molar-refractivity contribution in [2.75, 3.05) is 0 Å². The van der Waals surface area contributed by atoms with Crippen LogP contribution in [-0.4, -0.2) is 14.6 Å². The van der Waals surface area contributed by atoms with Crippen molar-refractivity contribution in [2.45, 2.75) is 0 Å². The number of nitriles is 1. The number of fused-ring (bicyclic) bond motifs is 1. The van der Waals surface area contributed by atoms with Gasteiger partial charge in [-0.05, 0) is 6.07 Å². The van der Waals surface area contributed by atoms with Crippen molar-refractivity contribution in [1.29, 1.82) is 5.26 Å². The lowest BCUT2D eigenvalue weighted by molar-refractivity contribution is 0.925. The van der Waals surface area contributed by atoms with Gasteiger partial charge in [-0.25, -0.2) is 9.50 Å².